The summed E-state index contributed by atoms with van der Waals surface area (Å²) in [5.74, 6) is -0.863. The molecule has 0 radical (unpaired) electrons. The Labute approximate surface area is 240 Å². The molecular weight excluding hydrogens is 553 g/mol. The number of carbonyl (C=O) groups is 2. The van der Waals surface area contributed by atoms with Gasteiger partial charge in [-0.25, -0.2) is 5.01 Å². The van der Waals surface area contributed by atoms with Crippen molar-refractivity contribution < 1.29 is 27.5 Å². The van der Waals surface area contributed by atoms with Crippen molar-refractivity contribution in [2.75, 3.05) is 45.9 Å². The van der Waals surface area contributed by atoms with E-state index in [2.05, 4.69) is 4.90 Å². The fraction of sp³-hybridized carbons (Fsp3) is 0.367. The van der Waals surface area contributed by atoms with Crippen LogP contribution in [-0.2, 0) is 15.7 Å². The third-order valence-electron chi connectivity index (χ3n) is 7.30. The van der Waals surface area contributed by atoms with Gasteiger partial charge in [0, 0.05) is 38.2 Å². The molecule has 0 N–H and O–H groups in total. The summed E-state index contributed by atoms with van der Waals surface area (Å²) in [4.78, 5) is 31.9. The normalized spacial score (nSPS) is 17.9. The molecule has 0 aliphatic carbocycles. The van der Waals surface area contributed by atoms with E-state index in [1.165, 1.54) is 9.91 Å². The van der Waals surface area contributed by atoms with Crippen LogP contribution in [0, 0.1) is 6.92 Å². The number of rotatable bonds is 8. The molecule has 2 aliphatic rings. The Kier molecular flexibility index (Phi) is 8.86. The molecule has 41 heavy (non-hydrogen) atoms. The van der Waals surface area contributed by atoms with Crippen LogP contribution >= 0.6 is 11.3 Å². The number of ether oxygens (including phenoxy) is 1. The van der Waals surface area contributed by atoms with Gasteiger partial charge in [-0.1, -0.05) is 35.9 Å². The van der Waals surface area contributed by atoms with Crippen LogP contribution in [0.3, 0.4) is 0 Å². The van der Waals surface area contributed by atoms with Crippen LogP contribution in [0.15, 0.2) is 71.1 Å². The van der Waals surface area contributed by atoms with Crippen molar-refractivity contribution >= 4 is 28.9 Å². The van der Waals surface area contributed by atoms with Gasteiger partial charge in [-0.15, -0.1) is 11.3 Å². The fourth-order valence-corrected chi connectivity index (χ4v) is 5.66. The number of hydrazone groups is 1. The molecule has 1 fully saturated rings. The van der Waals surface area contributed by atoms with E-state index >= 15 is 0 Å². The Morgan fingerprint density at radius 2 is 1.76 bits per heavy atom. The van der Waals surface area contributed by atoms with Crippen molar-refractivity contribution in [2.24, 2.45) is 5.10 Å². The van der Waals surface area contributed by atoms with Crippen molar-refractivity contribution in [3.63, 3.8) is 0 Å². The zero-order valence-electron chi connectivity index (χ0n) is 22.6. The fourth-order valence-electron chi connectivity index (χ4n) is 4.94. The zero-order chi connectivity index (χ0) is 29.0. The lowest BCUT2D eigenvalue weighted by Gasteiger charge is -2.31. The number of amides is 2. The molecule has 0 saturated carbocycles. The van der Waals surface area contributed by atoms with E-state index in [9.17, 15) is 22.8 Å². The average Bonchev–Trinajstić information content (AvgIpc) is 3.66. The van der Waals surface area contributed by atoms with Gasteiger partial charge in [0.2, 0.25) is 0 Å². The predicted molar refractivity (Wildman–Crippen MR) is 151 cm³/mol. The quantitative estimate of drug-likeness (QED) is 0.364. The first-order valence-electron chi connectivity index (χ1n) is 13.5. The standard InChI is InChI=1S/C30H31F3N4O3S/c1-21-4-6-22(7-5-21)26-19-25(27-3-2-18-41-27)34-37(26)28(38)20-36(13-12-35-14-16-40-17-15-35)29(39)23-8-10-24(11-9-23)30(31,32)33/h2-11,18,26H,12-17,19-20H2,1H3. The SMILES string of the molecule is Cc1ccc(C2CC(c3cccs3)=NN2C(=O)CN(CCN2CCOCC2)C(=O)c2ccc(C(F)(F)F)cc2)cc1. The highest BCUT2D eigenvalue weighted by atomic mass is 32.1. The third-order valence-corrected chi connectivity index (χ3v) is 8.21. The van der Waals surface area contributed by atoms with E-state index in [1.54, 1.807) is 11.3 Å². The minimum atomic E-state index is -4.51. The molecule has 1 aromatic heterocycles. The monoisotopic (exact) mass is 584 g/mol. The summed E-state index contributed by atoms with van der Waals surface area (Å²) in [7, 11) is 0. The summed E-state index contributed by atoms with van der Waals surface area (Å²) >= 11 is 1.55. The Bertz CT molecular complexity index is 1370. The molecule has 2 aliphatic heterocycles. The number of aryl methyl sites for hydroxylation is 1. The van der Waals surface area contributed by atoms with Crippen molar-refractivity contribution in [1.29, 1.82) is 0 Å². The van der Waals surface area contributed by atoms with Crippen molar-refractivity contribution in [1.82, 2.24) is 14.8 Å². The molecule has 2 amide bonds. The molecule has 7 nitrogen and oxygen atoms in total. The number of hydrogen-bond acceptors (Lipinski definition) is 6. The van der Waals surface area contributed by atoms with Crippen LogP contribution in [0.5, 0.6) is 0 Å². The van der Waals surface area contributed by atoms with Crippen molar-refractivity contribution in [3.8, 4) is 0 Å². The van der Waals surface area contributed by atoms with E-state index in [-0.39, 0.29) is 30.6 Å². The van der Waals surface area contributed by atoms with E-state index in [0.717, 1.165) is 46.0 Å². The maximum absolute atomic E-state index is 13.8. The summed E-state index contributed by atoms with van der Waals surface area (Å²) in [5, 5.41) is 8.12. The molecular formula is C30H31F3N4O3S. The first kappa shape index (κ1) is 29.0. The minimum absolute atomic E-state index is 0.0899. The lowest BCUT2D eigenvalue weighted by molar-refractivity contribution is -0.137. The number of hydrogen-bond donors (Lipinski definition) is 0. The molecule has 0 bridgehead atoms. The molecule has 2 aromatic carbocycles. The maximum Gasteiger partial charge on any atom is 0.416 e. The second-order valence-corrected chi connectivity index (χ2v) is 11.1. The van der Waals surface area contributed by atoms with E-state index < -0.39 is 17.6 Å². The van der Waals surface area contributed by atoms with Gasteiger partial charge >= 0.3 is 6.18 Å². The topological polar surface area (TPSA) is 65.5 Å². The summed E-state index contributed by atoms with van der Waals surface area (Å²) in [6.45, 7) is 5.04. The zero-order valence-corrected chi connectivity index (χ0v) is 23.5. The van der Waals surface area contributed by atoms with Crippen molar-refractivity contribution in [2.45, 2.75) is 25.6 Å². The Morgan fingerprint density at radius 3 is 2.39 bits per heavy atom. The van der Waals surface area contributed by atoms with Gasteiger partial charge < -0.3 is 9.64 Å². The molecule has 11 heteroatoms. The molecule has 0 spiro atoms. The number of nitrogens with zero attached hydrogens (tertiary/aromatic N) is 4. The van der Waals surface area contributed by atoms with Crippen LogP contribution in [0.2, 0.25) is 0 Å². The van der Waals surface area contributed by atoms with Gasteiger partial charge in [0.25, 0.3) is 11.8 Å². The Morgan fingerprint density at radius 1 is 1.05 bits per heavy atom. The molecule has 3 aromatic rings. The number of alkyl halides is 3. The average molecular weight is 585 g/mol. The van der Waals surface area contributed by atoms with Crippen LogP contribution in [0.1, 0.15) is 44.4 Å². The van der Waals surface area contributed by atoms with Gasteiger partial charge in [0.15, 0.2) is 0 Å². The Balaban J connectivity index is 1.39. The first-order chi connectivity index (χ1) is 19.7. The van der Waals surface area contributed by atoms with Gasteiger partial charge in [0.1, 0.15) is 6.54 Å². The molecule has 1 atom stereocenters. The van der Waals surface area contributed by atoms with Gasteiger partial charge in [-0.05, 0) is 48.2 Å². The lowest BCUT2D eigenvalue weighted by Crippen LogP contribution is -2.46. The third kappa shape index (κ3) is 7.03. The summed E-state index contributed by atoms with van der Waals surface area (Å²) in [6.07, 6.45) is -3.97. The number of carbonyl (C=O) groups excluding carboxylic acids is 2. The highest BCUT2D eigenvalue weighted by Gasteiger charge is 2.35. The van der Waals surface area contributed by atoms with Gasteiger partial charge in [0.05, 0.1) is 35.4 Å². The molecule has 1 unspecified atom stereocenters. The summed E-state index contributed by atoms with van der Waals surface area (Å²) < 4.78 is 44.7. The van der Waals surface area contributed by atoms with Crippen LogP contribution < -0.4 is 0 Å². The number of halogens is 3. The highest BCUT2D eigenvalue weighted by Crippen LogP contribution is 2.34. The molecule has 216 valence electrons. The van der Waals surface area contributed by atoms with Gasteiger partial charge in [-0.2, -0.15) is 18.3 Å². The highest BCUT2D eigenvalue weighted by molar-refractivity contribution is 7.12. The summed E-state index contributed by atoms with van der Waals surface area (Å²) in [6, 6.07) is 15.6. The van der Waals surface area contributed by atoms with Crippen molar-refractivity contribution in [3.05, 3.63) is 93.2 Å². The first-order valence-corrected chi connectivity index (χ1v) is 14.3. The van der Waals surface area contributed by atoms with Crippen LogP contribution in [-0.4, -0.2) is 78.3 Å². The number of thiophene rings is 1. The van der Waals surface area contributed by atoms with E-state index in [1.807, 2.05) is 48.7 Å². The molecule has 3 heterocycles. The summed E-state index contributed by atoms with van der Waals surface area (Å²) in [5.41, 5.74) is 2.09. The second kappa shape index (κ2) is 12.5. The van der Waals surface area contributed by atoms with Gasteiger partial charge in [-0.3, -0.25) is 14.5 Å². The Hall–Kier alpha value is -3.54. The minimum Gasteiger partial charge on any atom is -0.379 e. The van der Waals surface area contributed by atoms with Crippen LogP contribution in [0.25, 0.3) is 0 Å². The predicted octanol–water partition coefficient (Wildman–Crippen LogP) is 5.23. The molecule has 5 rings (SSSR count). The van der Waals surface area contributed by atoms with E-state index in [4.69, 9.17) is 9.84 Å². The van der Waals surface area contributed by atoms with E-state index in [0.29, 0.717) is 39.3 Å². The largest absolute Gasteiger partial charge is 0.416 e. The number of benzene rings is 2. The lowest BCUT2D eigenvalue weighted by atomic mass is 10.00. The molecule has 1 saturated heterocycles. The smallest absolute Gasteiger partial charge is 0.379 e. The number of morpholine rings is 1. The maximum atomic E-state index is 13.8. The second-order valence-electron chi connectivity index (χ2n) is 10.1. The van der Waals surface area contributed by atoms with Crippen LogP contribution in [0.4, 0.5) is 13.2 Å².